The Balaban J connectivity index is 3.42. The van der Waals surface area contributed by atoms with Crippen molar-refractivity contribution in [2.75, 3.05) is 14.2 Å². The van der Waals surface area contributed by atoms with Gasteiger partial charge in [-0.25, -0.2) is 4.79 Å². The summed E-state index contributed by atoms with van der Waals surface area (Å²) < 4.78 is 9.50. The van der Waals surface area contributed by atoms with Gasteiger partial charge in [-0.2, -0.15) is 4.98 Å². The smallest absolute Gasteiger partial charge is 0.364 e. The van der Waals surface area contributed by atoms with Crippen molar-refractivity contribution in [3.8, 4) is 5.88 Å². The number of hydrogen-bond donors (Lipinski definition) is 0. The summed E-state index contributed by atoms with van der Waals surface area (Å²) in [4.78, 5) is 24.9. The summed E-state index contributed by atoms with van der Waals surface area (Å²) in [6.07, 6.45) is 0. The van der Waals surface area contributed by atoms with E-state index in [4.69, 9.17) is 4.74 Å². The molecule has 0 radical (unpaired) electrons. The van der Waals surface area contributed by atoms with Crippen molar-refractivity contribution in [2.24, 2.45) is 0 Å². The fourth-order valence-corrected chi connectivity index (χ4v) is 1.46. The molecule has 1 rings (SSSR count). The van der Waals surface area contributed by atoms with E-state index in [9.17, 15) is 14.9 Å². The average molecular weight is 291 g/mol. The number of ether oxygens (including phenoxy) is 2. The van der Waals surface area contributed by atoms with Crippen molar-refractivity contribution in [3.63, 3.8) is 0 Å². The molecule has 0 aliphatic rings. The van der Waals surface area contributed by atoms with Crippen molar-refractivity contribution in [1.29, 1.82) is 0 Å². The van der Waals surface area contributed by atoms with E-state index in [-0.39, 0.29) is 10.4 Å². The lowest BCUT2D eigenvalue weighted by molar-refractivity contribution is -0.385. The van der Waals surface area contributed by atoms with Gasteiger partial charge in [0.1, 0.15) is 0 Å². The molecule has 8 heteroatoms. The lowest BCUT2D eigenvalue weighted by Crippen LogP contribution is -2.09. The number of carbonyl (C=O) groups excluding carboxylic acids is 1. The highest BCUT2D eigenvalue weighted by Crippen LogP contribution is 2.29. The predicted molar refractivity (Wildman–Crippen MR) is 56.5 cm³/mol. The zero-order valence-corrected chi connectivity index (χ0v) is 9.98. The van der Waals surface area contributed by atoms with Gasteiger partial charge in [0.25, 0.3) is 0 Å². The molecule has 0 atom stereocenters. The predicted octanol–water partition coefficient (Wildman–Crippen LogP) is 1.55. The lowest BCUT2D eigenvalue weighted by atomic mass is 10.3. The van der Waals surface area contributed by atoms with E-state index < -0.39 is 22.3 Å². The van der Waals surface area contributed by atoms with Gasteiger partial charge in [-0.15, -0.1) is 0 Å². The van der Waals surface area contributed by atoms with Crippen LogP contribution in [0, 0.1) is 10.1 Å². The summed E-state index contributed by atoms with van der Waals surface area (Å²) in [5, 5.41) is 10.7. The maximum Gasteiger partial charge on any atom is 0.364 e. The van der Waals surface area contributed by atoms with Crippen LogP contribution in [-0.4, -0.2) is 30.1 Å². The summed E-state index contributed by atoms with van der Waals surface area (Å²) in [5.74, 6) is -0.816. The van der Waals surface area contributed by atoms with Gasteiger partial charge in [-0.1, -0.05) is 0 Å². The number of carbonyl (C=O) groups is 1. The molecule has 0 unspecified atom stereocenters. The molecule has 0 aliphatic carbocycles. The zero-order valence-electron chi connectivity index (χ0n) is 8.39. The summed E-state index contributed by atoms with van der Waals surface area (Å²) in [7, 11) is 2.45. The van der Waals surface area contributed by atoms with Crippen LogP contribution < -0.4 is 4.74 Å². The van der Waals surface area contributed by atoms with E-state index in [0.29, 0.717) is 0 Å². The maximum absolute atomic E-state index is 11.3. The number of rotatable bonds is 3. The molecule has 1 aromatic heterocycles. The topological polar surface area (TPSA) is 91.6 Å². The summed E-state index contributed by atoms with van der Waals surface area (Å²) in [6.45, 7) is 0. The summed E-state index contributed by atoms with van der Waals surface area (Å²) in [6, 6.07) is 1.14. The minimum absolute atomic E-state index is 0.0750. The molecule has 0 fully saturated rings. The van der Waals surface area contributed by atoms with Gasteiger partial charge in [0.15, 0.2) is 0 Å². The maximum atomic E-state index is 11.3. The van der Waals surface area contributed by atoms with Crippen molar-refractivity contribution < 1.29 is 19.2 Å². The molecule has 16 heavy (non-hydrogen) atoms. The van der Waals surface area contributed by atoms with Crippen LogP contribution in [0.1, 0.15) is 10.5 Å². The number of methoxy groups -OCH3 is 2. The van der Waals surface area contributed by atoms with E-state index in [1.165, 1.54) is 7.11 Å². The molecule has 0 amide bonds. The van der Waals surface area contributed by atoms with Crippen LogP contribution in [0.4, 0.5) is 5.69 Å². The first-order chi connectivity index (χ1) is 7.51. The van der Waals surface area contributed by atoms with Crippen LogP contribution in [0.3, 0.4) is 0 Å². The molecule has 0 saturated carbocycles. The lowest BCUT2D eigenvalue weighted by Gasteiger charge is -2.05. The Bertz CT molecular complexity index is 448. The Morgan fingerprint density at radius 2 is 2.19 bits per heavy atom. The highest BCUT2D eigenvalue weighted by atomic mass is 79.9. The quantitative estimate of drug-likeness (QED) is 0.476. The monoisotopic (exact) mass is 290 g/mol. The van der Waals surface area contributed by atoms with Gasteiger partial charge in [-0.05, 0) is 15.9 Å². The van der Waals surface area contributed by atoms with Gasteiger partial charge in [0, 0.05) is 6.07 Å². The van der Waals surface area contributed by atoms with E-state index in [2.05, 4.69) is 25.7 Å². The minimum Gasteiger partial charge on any atom is -0.480 e. The number of halogens is 1. The largest absolute Gasteiger partial charge is 0.480 e. The van der Waals surface area contributed by atoms with Gasteiger partial charge >= 0.3 is 11.7 Å². The fourth-order valence-electron chi connectivity index (χ4n) is 0.992. The van der Waals surface area contributed by atoms with Crippen LogP contribution in [0.15, 0.2) is 10.5 Å². The first kappa shape index (κ1) is 12.4. The van der Waals surface area contributed by atoms with Gasteiger partial charge < -0.3 is 9.47 Å². The van der Waals surface area contributed by atoms with Crippen LogP contribution in [0.5, 0.6) is 5.88 Å². The van der Waals surface area contributed by atoms with Gasteiger partial charge in [0.2, 0.25) is 11.6 Å². The third-order valence-corrected chi connectivity index (χ3v) is 2.26. The standard InChI is InChI=1S/C8H7BrN2O5/c1-15-7-4(9)3-5(11(13)14)6(10-7)8(12)16-2/h3H,1-2H3. The zero-order chi connectivity index (χ0) is 12.3. The number of aromatic nitrogens is 1. The van der Waals surface area contributed by atoms with E-state index >= 15 is 0 Å². The molecule has 1 aromatic rings. The van der Waals surface area contributed by atoms with Crippen molar-refractivity contribution >= 4 is 27.6 Å². The van der Waals surface area contributed by atoms with Gasteiger partial charge in [-0.3, -0.25) is 10.1 Å². The second-order valence-electron chi connectivity index (χ2n) is 2.60. The Kier molecular flexibility index (Phi) is 3.78. The number of hydrogen-bond acceptors (Lipinski definition) is 6. The highest BCUT2D eigenvalue weighted by molar-refractivity contribution is 9.10. The molecule has 0 saturated heterocycles. The van der Waals surface area contributed by atoms with E-state index in [1.807, 2.05) is 0 Å². The van der Waals surface area contributed by atoms with Crippen LogP contribution >= 0.6 is 15.9 Å². The van der Waals surface area contributed by atoms with Crippen LogP contribution in [0.2, 0.25) is 0 Å². The Morgan fingerprint density at radius 1 is 1.56 bits per heavy atom. The molecule has 86 valence electrons. The van der Waals surface area contributed by atoms with Crippen molar-refractivity contribution in [3.05, 3.63) is 26.3 Å². The minimum atomic E-state index is -0.891. The summed E-state index contributed by atoms with van der Waals surface area (Å²) in [5.41, 5.74) is -0.841. The molecule has 1 heterocycles. The first-order valence-corrected chi connectivity index (χ1v) is 4.77. The van der Waals surface area contributed by atoms with E-state index in [1.54, 1.807) is 0 Å². The second kappa shape index (κ2) is 4.88. The Morgan fingerprint density at radius 3 is 2.62 bits per heavy atom. The summed E-state index contributed by atoms with van der Waals surface area (Å²) >= 11 is 3.04. The number of nitro groups is 1. The van der Waals surface area contributed by atoms with E-state index in [0.717, 1.165) is 13.2 Å². The third kappa shape index (κ3) is 2.27. The molecule has 0 aromatic carbocycles. The van der Waals surface area contributed by atoms with Gasteiger partial charge in [0.05, 0.1) is 23.6 Å². The third-order valence-electron chi connectivity index (χ3n) is 1.69. The normalized spacial score (nSPS) is 9.69. The molecule has 0 N–H and O–H groups in total. The van der Waals surface area contributed by atoms with Crippen molar-refractivity contribution in [1.82, 2.24) is 4.98 Å². The van der Waals surface area contributed by atoms with Crippen LogP contribution in [-0.2, 0) is 4.74 Å². The Labute approximate surface area is 98.7 Å². The molecular formula is C8H7BrN2O5. The SMILES string of the molecule is COC(=O)c1nc(OC)c(Br)cc1[N+](=O)[O-]. The molecular weight excluding hydrogens is 284 g/mol. The van der Waals surface area contributed by atoms with Crippen LogP contribution in [0.25, 0.3) is 0 Å². The molecule has 0 bridgehead atoms. The average Bonchev–Trinajstić information content (AvgIpc) is 2.27. The highest BCUT2D eigenvalue weighted by Gasteiger charge is 2.25. The molecule has 7 nitrogen and oxygen atoms in total. The fraction of sp³-hybridized carbons (Fsp3) is 0.250. The molecule has 0 aliphatic heterocycles. The number of nitrogens with zero attached hydrogens (tertiary/aromatic N) is 2. The Hall–Kier alpha value is -1.70. The second-order valence-corrected chi connectivity index (χ2v) is 3.45. The number of esters is 1. The first-order valence-electron chi connectivity index (χ1n) is 3.98. The molecule has 0 spiro atoms. The number of pyridine rings is 1. The van der Waals surface area contributed by atoms with Crippen molar-refractivity contribution in [2.45, 2.75) is 0 Å².